The highest BCUT2D eigenvalue weighted by molar-refractivity contribution is 6.32. The summed E-state index contributed by atoms with van der Waals surface area (Å²) in [5.74, 6) is 1.32. The largest absolute Gasteiger partial charge is 0.493 e. The maximum absolute atomic E-state index is 6.28. The zero-order chi connectivity index (χ0) is 15.8. The van der Waals surface area contributed by atoms with Crippen LogP contribution in [-0.4, -0.2) is 20.3 Å². The number of hydrogen-bond acceptors (Lipinski definition) is 3. The number of benzene rings is 1. The summed E-state index contributed by atoms with van der Waals surface area (Å²) in [4.78, 5) is 0. The van der Waals surface area contributed by atoms with Crippen LogP contribution in [-0.2, 0) is 6.54 Å². The standard InChI is InChI=1S/C18H26ClNO2/c1-3-22-18-16(19)11-15(12-17(18)21-2)13-20-10-9-14-7-5-4-6-8-14/h7,11-12,20H,3-6,8-10,13H2,1-2H3. The molecule has 0 radical (unpaired) electrons. The third kappa shape index (κ3) is 4.92. The maximum atomic E-state index is 6.28. The summed E-state index contributed by atoms with van der Waals surface area (Å²) in [7, 11) is 1.64. The van der Waals surface area contributed by atoms with Gasteiger partial charge in [0.05, 0.1) is 18.7 Å². The van der Waals surface area contributed by atoms with Crippen LogP contribution in [0.5, 0.6) is 11.5 Å². The fourth-order valence-electron chi connectivity index (χ4n) is 2.77. The average Bonchev–Trinajstić information content (AvgIpc) is 2.55. The number of rotatable bonds is 8. The molecule has 3 nitrogen and oxygen atoms in total. The first-order valence-electron chi connectivity index (χ1n) is 8.12. The molecule has 0 unspecified atom stereocenters. The van der Waals surface area contributed by atoms with Gasteiger partial charge in [0, 0.05) is 6.54 Å². The minimum atomic E-state index is 0.572. The highest BCUT2D eigenvalue weighted by Crippen LogP contribution is 2.36. The molecule has 22 heavy (non-hydrogen) atoms. The van der Waals surface area contributed by atoms with Crippen LogP contribution in [0, 0.1) is 0 Å². The number of allylic oxidation sites excluding steroid dienone is 1. The van der Waals surface area contributed by atoms with Crippen LogP contribution in [0.15, 0.2) is 23.8 Å². The van der Waals surface area contributed by atoms with E-state index in [-0.39, 0.29) is 0 Å². The second-order valence-corrected chi connectivity index (χ2v) is 5.98. The van der Waals surface area contributed by atoms with Crippen LogP contribution in [0.3, 0.4) is 0 Å². The number of hydrogen-bond donors (Lipinski definition) is 1. The molecule has 0 spiro atoms. The Morgan fingerprint density at radius 1 is 1.27 bits per heavy atom. The summed E-state index contributed by atoms with van der Waals surface area (Å²) in [6.07, 6.45) is 8.76. The fourth-order valence-corrected chi connectivity index (χ4v) is 3.06. The third-order valence-electron chi connectivity index (χ3n) is 3.91. The Hall–Kier alpha value is -1.19. The normalized spacial score (nSPS) is 14.6. The molecule has 0 saturated heterocycles. The Morgan fingerprint density at radius 3 is 2.82 bits per heavy atom. The Kier molecular flexibility index (Phi) is 7.07. The van der Waals surface area contributed by atoms with E-state index in [1.165, 1.54) is 25.7 Å². The van der Waals surface area contributed by atoms with E-state index in [9.17, 15) is 0 Å². The summed E-state index contributed by atoms with van der Waals surface area (Å²) < 4.78 is 10.9. The van der Waals surface area contributed by atoms with Crippen molar-refractivity contribution in [2.75, 3.05) is 20.3 Å². The van der Waals surface area contributed by atoms with Crippen LogP contribution in [0.4, 0.5) is 0 Å². The minimum Gasteiger partial charge on any atom is -0.493 e. The molecule has 0 atom stereocenters. The Bertz CT molecular complexity index is 514. The molecular weight excluding hydrogens is 298 g/mol. The summed E-state index contributed by atoms with van der Waals surface area (Å²) in [5, 5.41) is 4.09. The van der Waals surface area contributed by atoms with Crippen molar-refractivity contribution in [1.29, 1.82) is 0 Å². The lowest BCUT2D eigenvalue weighted by atomic mass is 9.97. The lowest BCUT2D eigenvalue weighted by molar-refractivity contribution is 0.311. The summed E-state index contributed by atoms with van der Waals surface area (Å²) in [6.45, 7) is 4.29. The number of halogens is 1. The van der Waals surface area contributed by atoms with Gasteiger partial charge in [-0.3, -0.25) is 0 Å². The molecule has 0 bridgehead atoms. The quantitative estimate of drug-likeness (QED) is 0.554. The first-order chi connectivity index (χ1) is 10.7. The van der Waals surface area contributed by atoms with Crippen molar-refractivity contribution in [3.05, 3.63) is 34.4 Å². The van der Waals surface area contributed by atoms with Crippen molar-refractivity contribution in [3.63, 3.8) is 0 Å². The predicted molar refractivity (Wildman–Crippen MR) is 92.0 cm³/mol. The predicted octanol–water partition coefficient (Wildman–Crippen LogP) is 4.73. The van der Waals surface area contributed by atoms with Crippen LogP contribution < -0.4 is 14.8 Å². The third-order valence-corrected chi connectivity index (χ3v) is 4.20. The molecule has 2 rings (SSSR count). The van der Waals surface area contributed by atoms with E-state index in [1.807, 2.05) is 19.1 Å². The van der Waals surface area contributed by atoms with Crippen molar-refractivity contribution in [2.45, 2.75) is 45.6 Å². The molecule has 0 aromatic heterocycles. The zero-order valence-corrected chi connectivity index (χ0v) is 14.3. The van der Waals surface area contributed by atoms with E-state index in [2.05, 4.69) is 11.4 Å². The summed E-state index contributed by atoms with van der Waals surface area (Å²) in [5.41, 5.74) is 2.71. The molecule has 0 amide bonds. The van der Waals surface area contributed by atoms with E-state index in [1.54, 1.807) is 12.7 Å². The first kappa shape index (κ1) is 17.2. The molecule has 0 saturated carbocycles. The first-order valence-corrected chi connectivity index (χ1v) is 8.50. The molecule has 0 heterocycles. The SMILES string of the molecule is CCOc1c(Cl)cc(CNCCC2=CCCCC2)cc1OC. The molecule has 1 aliphatic carbocycles. The van der Waals surface area contributed by atoms with Gasteiger partial charge in [-0.15, -0.1) is 0 Å². The number of methoxy groups -OCH3 is 1. The van der Waals surface area contributed by atoms with Crippen molar-refractivity contribution in [2.24, 2.45) is 0 Å². The summed E-state index contributed by atoms with van der Waals surface area (Å²) in [6, 6.07) is 3.94. The molecule has 0 aliphatic heterocycles. The van der Waals surface area contributed by atoms with Gasteiger partial charge in [-0.1, -0.05) is 23.3 Å². The van der Waals surface area contributed by atoms with Gasteiger partial charge in [0.15, 0.2) is 11.5 Å². The van der Waals surface area contributed by atoms with Gasteiger partial charge in [0.25, 0.3) is 0 Å². The fraction of sp³-hybridized carbons (Fsp3) is 0.556. The van der Waals surface area contributed by atoms with Crippen LogP contribution in [0.2, 0.25) is 5.02 Å². The van der Waals surface area contributed by atoms with Crippen molar-refractivity contribution < 1.29 is 9.47 Å². The smallest absolute Gasteiger partial charge is 0.179 e. The zero-order valence-electron chi connectivity index (χ0n) is 13.6. The van der Waals surface area contributed by atoms with Crippen LogP contribution >= 0.6 is 11.6 Å². The number of nitrogens with one attached hydrogen (secondary N) is 1. The molecule has 1 aromatic rings. The molecule has 0 fully saturated rings. The Morgan fingerprint density at radius 2 is 2.14 bits per heavy atom. The van der Waals surface area contributed by atoms with Crippen LogP contribution in [0.1, 0.15) is 44.6 Å². The molecule has 1 aliphatic rings. The van der Waals surface area contributed by atoms with Gasteiger partial charge in [-0.05, 0) is 63.3 Å². The van der Waals surface area contributed by atoms with Gasteiger partial charge in [-0.2, -0.15) is 0 Å². The highest BCUT2D eigenvalue weighted by Gasteiger charge is 2.11. The average molecular weight is 324 g/mol. The lowest BCUT2D eigenvalue weighted by Gasteiger charge is -2.15. The molecular formula is C18H26ClNO2. The van der Waals surface area contributed by atoms with Crippen molar-refractivity contribution in [1.82, 2.24) is 5.32 Å². The second kappa shape index (κ2) is 9.06. The maximum Gasteiger partial charge on any atom is 0.179 e. The second-order valence-electron chi connectivity index (χ2n) is 5.58. The summed E-state index contributed by atoms with van der Waals surface area (Å²) >= 11 is 6.28. The molecule has 1 aromatic carbocycles. The highest BCUT2D eigenvalue weighted by atomic mass is 35.5. The van der Waals surface area contributed by atoms with E-state index in [0.717, 1.165) is 25.1 Å². The van der Waals surface area contributed by atoms with Gasteiger partial charge in [0.1, 0.15) is 0 Å². The van der Waals surface area contributed by atoms with E-state index in [4.69, 9.17) is 21.1 Å². The molecule has 1 N–H and O–H groups in total. The molecule has 4 heteroatoms. The van der Waals surface area contributed by atoms with Gasteiger partial charge < -0.3 is 14.8 Å². The Labute approximate surface area is 138 Å². The van der Waals surface area contributed by atoms with Gasteiger partial charge in [0.2, 0.25) is 0 Å². The van der Waals surface area contributed by atoms with Crippen LogP contribution in [0.25, 0.3) is 0 Å². The monoisotopic (exact) mass is 323 g/mol. The van der Waals surface area contributed by atoms with E-state index in [0.29, 0.717) is 23.1 Å². The number of ether oxygens (including phenoxy) is 2. The van der Waals surface area contributed by atoms with E-state index >= 15 is 0 Å². The van der Waals surface area contributed by atoms with E-state index < -0.39 is 0 Å². The van der Waals surface area contributed by atoms with Crippen molar-refractivity contribution >= 4 is 11.6 Å². The van der Waals surface area contributed by atoms with Gasteiger partial charge >= 0.3 is 0 Å². The topological polar surface area (TPSA) is 30.5 Å². The van der Waals surface area contributed by atoms with Crippen molar-refractivity contribution in [3.8, 4) is 11.5 Å². The molecule has 122 valence electrons. The lowest BCUT2D eigenvalue weighted by Crippen LogP contribution is -2.16. The Balaban J connectivity index is 1.87. The minimum absolute atomic E-state index is 0.572. The van der Waals surface area contributed by atoms with Gasteiger partial charge in [-0.25, -0.2) is 0 Å².